The van der Waals surface area contributed by atoms with Crippen LogP contribution in [0.25, 0.3) is 0 Å². The van der Waals surface area contributed by atoms with E-state index in [2.05, 4.69) is 30.8 Å². The van der Waals surface area contributed by atoms with Gasteiger partial charge in [-0.2, -0.15) is 8.42 Å². The zero-order valence-corrected chi connectivity index (χ0v) is 12.4. The predicted octanol–water partition coefficient (Wildman–Crippen LogP) is 1.99. The molecule has 0 spiro atoms. The second-order valence-corrected chi connectivity index (χ2v) is 7.31. The Hall–Kier alpha value is -1.19. The molecule has 6 nitrogen and oxygen atoms in total. The van der Waals surface area contributed by atoms with Gasteiger partial charge in [-0.3, -0.25) is 4.72 Å². The molecule has 1 heterocycles. The maximum Gasteiger partial charge on any atom is 0.291 e. The highest BCUT2D eigenvalue weighted by Crippen LogP contribution is 2.23. The van der Waals surface area contributed by atoms with Gasteiger partial charge < -0.3 is 5.73 Å². The zero-order chi connectivity index (χ0) is 13.3. The van der Waals surface area contributed by atoms with Gasteiger partial charge in [0.15, 0.2) is 0 Å². The van der Waals surface area contributed by atoms with Crippen LogP contribution in [0.4, 0.5) is 10.8 Å². The molecule has 0 aliphatic heterocycles. The first-order valence-corrected chi connectivity index (χ1v) is 7.85. The third kappa shape index (κ3) is 2.98. The molecule has 0 fully saturated rings. The fourth-order valence-corrected chi connectivity index (χ4v) is 3.76. The Morgan fingerprint density at radius 1 is 1.33 bits per heavy atom. The Balaban J connectivity index is 2.33. The lowest BCUT2D eigenvalue weighted by atomic mass is 10.2. The molecule has 9 heteroatoms. The van der Waals surface area contributed by atoms with Crippen LogP contribution in [0.1, 0.15) is 5.56 Å². The Morgan fingerprint density at radius 3 is 2.61 bits per heavy atom. The fraction of sp³-hybridized carbons (Fsp3) is 0.111. The summed E-state index contributed by atoms with van der Waals surface area (Å²) in [7, 11) is -3.73. The highest BCUT2D eigenvalue weighted by atomic mass is 79.9. The molecule has 1 aromatic carbocycles. The van der Waals surface area contributed by atoms with Gasteiger partial charge in [-0.25, -0.2) is 0 Å². The third-order valence-corrected chi connectivity index (χ3v) is 4.91. The Labute approximate surface area is 116 Å². The molecular formula is C9H9BrN4O2S2. The molecule has 0 radical (unpaired) electrons. The molecule has 2 aromatic rings. The molecule has 0 amide bonds. The summed E-state index contributed by atoms with van der Waals surface area (Å²) < 4.78 is 27.0. The second-order valence-electron chi connectivity index (χ2n) is 3.53. The average molecular weight is 349 g/mol. The number of halogens is 1. The van der Waals surface area contributed by atoms with Crippen LogP contribution in [0.5, 0.6) is 0 Å². The van der Waals surface area contributed by atoms with Gasteiger partial charge in [-0.15, -0.1) is 10.2 Å². The van der Waals surface area contributed by atoms with Crippen molar-refractivity contribution in [2.45, 2.75) is 11.3 Å². The van der Waals surface area contributed by atoms with Gasteiger partial charge in [0.1, 0.15) is 0 Å². The monoisotopic (exact) mass is 348 g/mol. The quantitative estimate of drug-likeness (QED) is 0.883. The van der Waals surface area contributed by atoms with E-state index in [4.69, 9.17) is 5.73 Å². The molecular weight excluding hydrogens is 340 g/mol. The molecule has 0 unspecified atom stereocenters. The number of nitrogens with zero attached hydrogens (tertiary/aromatic N) is 2. The van der Waals surface area contributed by atoms with E-state index in [1.165, 1.54) is 0 Å². The number of rotatable bonds is 3. The van der Waals surface area contributed by atoms with Gasteiger partial charge in [-0.1, -0.05) is 27.3 Å². The summed E-state index contributed by atoms with van der Waals surface area (Å²) in [5.41, 5.74) is 6.75. The summed E-state index contributed by atoms with van der Waals surface area (Å²) in [6.45, 7) is 1.87. The molecule has 0 atom stereocenters. The zero-order valence-electron chi connectivity index (χ0n) is 9.21. The molecule has 0 bridgehead atoms. The SMILES string of the molecule is Cc1cc(Br)cc(NS(=O)(=O)c2nnc(N)s2)c1. The number of sulfonamides is 1. The number of aryl methyl sites for hydroxylation is 1. The lowest BCUT2D eigenvalue weighted by molar-refractivity contribution is 0.599. The van der Waals surface area contributed by atoms with Crippen LogP contribution in [-0.4, -0.2) is 18.6 Å². The lowest BCUT2D eigenvalue weighted by Gasteiger charge is -2.06. The number of aromatic nitrogens is 2. The maximum atomic E-state index is 12.0. The Bertz CT molecular complexity index is 663. The first-order chi connectivity index (χ1) is 8.37. The van der Waals surface area contributed by atoms with E-state index in [9.17, 15) is 8.42 Å². The Morgan fingerprint density at radius 2 is 2.06 bits per heavy atom. The number of hydrogen-bond donors (Lipinski definition) is 2. The van der Waals surface area contributed by atoms with Gasteiger partial charge in [0.25, 0.3) is 14.4 Å². The first-order valence-electron chi connectivity index (χ1n) is 4.76. The van der Waals surface area contributed by atoms with Crippen LogP contribution in [0.15, 0.2) is 27.0 Å². The van der Waals surface area contributed by atoms with Gasteiger partial charge in [0.05, 0.1) is 5.69 Å². The van der Waals surface area contributed by atoms with Gasteiger partial charge in [0.2, 0.25) is 5.13 Å². The summed E-state index contributed by atoms with van der Waals surface area (Å²) >= 11 is 4.12. The highest BCUT2D eigenvalue weighted by Gasteiger charge is 2.19. The van der Waals surface area contributed by atoms with E-state index in [0.29, 0.717) is 5.69 Å². The summed E-state index contributed by atoms with van der Waals surface area (Å²) in [5, 5.41) is 7.10. The number of nitrogens with one attached hydrogen (secondary N) is 1. The van der Waals surface area contributed by atoms with Crippen molar-refractivity contribution < 1.29 is 8.42 Å². The molecule has 18 heavy (non-hydrogen) atoms. The maximum absolute atomic E-state index is 12.0. The largest absolute Gasteiger partial charge is 0.374 e. The molecule has 1 aromatic heterocycles. The lowest BCUT2D eigenvalue weighted by Crippen LogP contribution is -2.12. The van der Waals surface area contributed by atoms with Crippen molar-refractivity contribution in [1.29, 1.82) is 0 Å². The van der Waals surface area contributed by atoms with Crippen LogP contribution in [0.2, 0.25) is 0 Å². The molecule has 0 saturated heterocycles. The highest BCUT2D eigenvalue weighted by molar-refractivity contribution is 9.10. The van der Waals surface area contributed by atoms with Crippen molar-refractivity contribution in [3.63, 3.8) is 0 Å². The van der Waals surface area contributed by atoms with E-state index in [1.54, 1.807) is 12.1 Å². The summed E-state index contributed by atoms with van der Waals surface area (Å²) in [4.78, 5) is 0. The summed E-state index contributed by atoms with van der Waals surface area (Å²) in [5.74, 6) is 0. The minimum atomic E-state index is -3.73. The topological polar surface area (TPSA) is 98.0 Å². The molecule has 2 rings (SSSR count). The number of nitrogen functional groups attached to an aromatic ring is 1. The van der Waals surface area contributed by atoms with E-state index in [1.807, 2.05) is 13.0 Å². The number of hydrogen-bond acceptors (Lipinski definition) is 6. The van der Waals surface area contributed by atoms with E-state index in [0.717, 1.165) is 21.4 Å². The third-order valence-electron chi connectivity index (χ3n) is 1.95. The van der Waals surface area contributed by atoms with E-state index in [-0.39, 0.29) is 9.47 Å². The van der Waals surface area contributed by atoms with Crippen molar-refractivity contribution in [2.75, 3.05) is 10.5 Å². The van der Waals surface area contributed by atoms with Gasteiger partial charge in [-0.05, 0) is 30.7 Å². The summed E-state index contributed by atoms with van der Waals surface area (Å²) in [6, 6.07) is 5.25. The van der Waals surface area contributed by atoms with E-state index < -0.39 is 10.0 Å². The smallest absolute Gasteiger partial charge is 0.291 e. The second kappa shape index (κ2) is 4.82. The molecule has 0 aliphatic rings. The normalized spacial score (nSPS) is 11.4. The van der Waals surface area contributed by atoms with Crippen LogP contribution in [-0.2, 0) is 10.0 Å². The van der Waals surface area contributed by atoms with Crippen LogP contribution in [0, 0.1) is 6.92 Å². The number of nitrogens with two attached hydrogens (primary N) is 1. The minimum absolute atomic E-state index is 0.112. The Kier molecular flexibility index (Phi) is 3.55. The molecule has 96 valence electrons. The van der Waals surface area contributed by atoms with Crippen molar-refractivity contribution in [1.82, 2.24) is 10.2 Å². The summed E-state index contributed by atoms with van der Waals surface area (Å²) in [6.07, 6.45) is 0. The fourth-order valence-electron chi connectivity index (χ4n) is 1.32. The van der Waals surface area contributed by atoms with Gasteiger partial charge >= 0.3 is 0 Å². The molecule has 0 aliphatic carbocycles. The van der Waals surface area contributed by atoms with Crippen molar-refractivity contribution in [2.24, 2.45) is 0 Å². The van der Waals surface area contributed by atoms with Crippen LogP contribution in [0.3, 0.4) is 0 Å². The average Bonchev–Trinajstić information content (AvgIpc) is 2.62. The van der Waals surface area contributed by atoms with Gasteiger partial charge in [0, 0.05) is 4.47 Å². The van der Waals surface area contributed by atoms with Crippen LogP contribution < -0.4 is 10.5 Å². The first kappa shape index (κ1) is 13.2. The van der Waals surface area contributed by atoms with E-state index >= 15 is 0 Å². The molecule has 3 N–H and O–H groups in total. The van der Waals surface area contributed by atoms with Crippen molar-refractivity contribution in [3.05, 3.63) is 28.2 Å². The number of benzene rings is 1. The van der Waals surface area contributed by atoms with Crippen LogP contribution >= 0.6 is 27.3 Å². The standard InChI is InChI=1S/C9H9BrN4O2S2/c1-5-2-6(10)4-7(3-5)14-18(15,16)9-13-12-8(11)17-9/h2-4,14H,1H3,(H2,11,12). The van der Waals surface area contributed by atoms with Crippen molar-refractivity contribution >= 4 is 48.1 Å². The minimum Gasteiger partial charge on any atom is -0.374 e. The predicted molar refractivity (Wildman–Crippen MR) is 74.0 cm³/mol. The number of anilines is 2. The molecule has 0 saturated carbocycles. The van der Waals surface area contributed by atoms with Crippen molar-refractivity contribution in [3.8, 4) is 0 Å².